The lowest BCUT2D eigenvalue weighted by molar-refractivity contribution is -0.117. The first-order valence-corrected chi connectivity index (χ1v) is 10.5. The Labute approximate surface area is 192 Å². The van der Waals surface area contributed by atoms with Crippen LogP contribution in [-0.4, -0.2) is 18.0 Å². The Bertz CT molecular complexity index is 1370. The number of methoxy groups -OCH3 is 1. The molecule has 1 aromatic heterocycles. The van der Waals surface area contributed by atoms with Crippen LogP contribution in [0.3, 0.4) is 0 Å². The average molecular weight is 437 g/mol. The average Bonchev–Trinajstić information content (AvgIpc) is 2.84. The number of amides is 1. The number of fused-ring (bicyclic) bond motifs is 1. The molecule has 4 rings (SSSR count). The monoisotopic (exact) mass is 437 g/mol. The molecule has 1 N–H and O–H groups in total. The molecule has 0 unspecified atom stereocenters. The molecular weight excluding hydrogens is 414 g/mol. The van der Waals surface area contributed by atoms with Crippen molar-refractivity contribution >= 4 is 22.4 Å². The highest BCUT2D eigenvalue weighted by molar-refractivity contribution is 5.97. The van der Waals surface area contributed by atoms with Crippen LogP contribution >= 0.6 is 0 Å². The topological polar surface area (TPSA) is 84.2 Å². The summed E-state index contributed by atoms with van der Waals surface area (Å²) in [5, 5.41) is 14.3. The Morgan fingerprint density at radius 3 is 2.55 bits per heavy atom. The third kappa shape index (κ3) is 4.78. The van der Waals surface area contributed by atoms with E-state index in [0.717, 1.165) is 27.6 Å². The van der Waals surface area contributed by atoms with Crippen molar-refractivity contribution in [2.45, 2.75) is 19.8 Å². The van der Waals surface area contributed by atoms with Crippen molar-refractivity contribution in [3.63, 3.8) is 0 Å². The van der Waals surface area contributed by atoms with Crippen molar-refractivity contribution in [2.24, 2.45) is 0 Å². The number of ether oxygens (including phenoxy) is 2. The summed E-state index contributed by atoms with van der Waals surface area (Å²) in [5.41, 5.74) is 2.83. The number of carbonyl (C=O) groups is 1. The van der Waals surface area contributed by atoms with E-state index in [1.54, 1.807) is 43.6 Å². The van der Waals surface area contributed by atoms with Gasteiger partial charge in [0.2, 0.25) is 11.8 Å². The van der Waals surface area contributed by atoms with Crippen LogP contribution in [0.2, 0.25) is 0 Å². The van der Waals surface area contributed by atoms with Gasteiger partial charge in [-0.2, -0.15) is 5.26 Å². The zero-order valence-corrected chi connectivity index (χ0v) is 18.6. The molecule has 1 heterocycles. The van der Waals surface area contributed by atoms with Gasteiger partial charge < -0.3 is 14.8 Å². The molecule has 0 aliphatic heterocycles. The van der Waals surface area contributed by atoms with Crippen LogP contribution < -0.4 is 14.8 Å². The third-order valence-electron chi connectivity index (χ3n) is 5.53. The standard InChI is InChI=1S/C27H23N3O3/c1-17-13-24(33-27-22(16-28)5-4-12-29-27)10-11-25(17)30-26(31)18(2)19-6-7-21-15-23(32-3)9-8-20(21)14-19/h4-15,18H,1-3H3,(H,30,31)/t18-/m0/s1. The number of nitriles is 1. The smallest absolute Gasteiger partial charge is 0.237 e. The van der Waals surface area contributed by atoms with Gasteiger partial charge in [0, 0.05) is 11.9 Å². The highest BCUT2D eigenvalue weighted by Gasteiger charge is 2.17. The molecule has 0 saturated carbocycles. The Balaban J connectivity index is 1.48. The van der Waals surface area contributed by atoms with Crippen molar-refractivity contribution < 1.29 is 14.3 Å². The van der Waals surface area contributed by atoms with Gasteiger partial charge in [0.05, 0.1) is 13.0 Å². The number of pyridine rings is 1. The first kappa shape index (κ1) is 21.8. The molecule has 0 radical (unpaired) electrons. The summed E-state index contributed by atoms with van der Waals surface area (Å²) in [6, 6.07) is 22.6. The molecule has 3 aromatic carbocycles. The number of rotatable bonds is 6. The molecule has 164 valence electrons. The second-order valence-corrected chi connectivity index (χ2v) is 7.73. The Morgan fingerprint density at radius 2 is 1.79 bits per heavy atom. The lowest BCUT2D eigenvalue weighted by Gasteiger charge is -2.16. The first-order chi connectivity index (χ1) is 16.0. The molecule has 33 heavy (non-hydrogen) atoms. The molecule has 1 amide bonds. The maximum absolute atomic E-state index is 13.0. The fourth-order valence-electron chi connectivity index (χ4n) is 3.54. The molecule has 6 nitrogen and oxygen atoms in total. The summed E-state index contributed by atoms with van der Waals surface area (Å²) >= 11 is 0. The minimum absolute atomic E-state index is 0.101. The van der Waals surface area contributed by atoms with Gasteiger partial charge in [-0.25, -0.2) is 4.98 Å². The van der Waals surface area contributed by atoms with Gasteiger partial charge in [0.1, 0.15) is 23.1 Å². The van der Waals surface area contributed by atoms with E-state index in [4.69, 9.17) is 9.47 Å². The van der Waals surface area contributed by atoms with E-state index in [9.17, 15) is 10.1 Å². The molecule has 0 fully saturated rings. The van der Waals surface area contributed by atoms with Crippen molar-refractivity contribution in [2.75, 3.05) is 12.4 Å². The lowest BCUT2D eigenvalue weighted by atomic mass is 9.96. The van der Waals surface area contributed by atoms with Crippen LogP contribution in [0, 0.1) is 18.3 Å². The van der Waals surface area contributed by atoms with Crippen LogP contribution in [0.1, 0.15) is 29.5 Å². The fourth-order valence-corrected chi connectivity index (χ4v) is 3.54. The summed E-state index contributed by atoms with van der Waals surface area (Å²) in [6.07, 6.45) is 1.57. The molecule has 0 aliphatic carbocycles. The molecule has 0 spiro atoms. The molecule has 0 bridgehead atoms. The number of hydrogen-bond donors (Lipinski definition) is 1. The number of hydrogen-bond acceptors (Lipinski definition) is 5. The number of carbonyl (C=O) groups excluding carboxylic acids is 1. The number of aromatic nitrogens is 1. The highest BCUT2D eigenvalue weighted by Crippen LogP contribution is 2.29. The zero-order chi connectivity index (χ0) is 23.4. The number of aryl methyl sites for hydroxylation is 1. The van der Waals surface area contributed by atoms with Crippen LogP contribution in [0.4, 0.5) is 5.69 Å². The summed E-state index contributed by atoms with van der Waals surface area (Å²) in [4.78, 5) is 17.1. The van der Waals surface area contributed by atoms with E-state index >= 15 is 0 Å². The predicted molar refractivity (Wildman–Crippen MR) is 128 cm³/mol. The number of nitrogens with one attached hydrogen (secondary N) is 1. The fraction of sp³-hybridized carbons (Fsp3) is 0.148. The van der Waals surface area contributed by atoms with E-state index in [1.807, 2.05) is 50.2 Å². The second-order valence-electron chi connectivity index (χ2n) is 7.73. The highest BCUT2D eigenvalue weighted by atomic mass is 16.5. The van der Waals surface area contributed by atoms with E-state index in [0.29, 0.717) is 17.0 Å². The minimum Gasteiger partial charge on any atom is -0.497 e. The Kier molecular flexibility index (Phi) is 6.23. The van der Waals surface area contributed by atoms with Gasteiger partial charge in [0.15, 0.2) is 0 Å². The van der Waals surface area contributed by atoms with Crippen LogP contribution in [0.5, 0.6) is 17.4 Å². The number of benzene rings is 3. The van der Waals surface area contributed by atoms with Crippen molar-refractivity contribution in [3.8, 4) is 23.4 Å². The minimum atomic E-state index is -0.335. The van der Waals surface area contributed by atoms with Crippen LogP contribution in [-0.2, 0) is 4.79 Å². The van der Waals surface area contributed by atoms with E-state index in [1.165, 1.54) is 0 Å². The Morgan fingerprint density at radius 1 is 1.03 bits per heavy atom. The van der Waals surface area contributed by atoms with E-state index < -0.39 is 0 Å². The summed E-state index contributed by atoms with van der Waals surface area (Å²) in [6.45, 7) is 3.78. The van der Waals surface area contributed by atoms with Crippen molar-refractivity contribution in [3.05, 3.63) is 89.6 Å². The lowest BCUT2D eigenvalue weighted by Crippen LogP contribution is -2.19. The molecule has 0 saturated heterocycles. The van der Waals surface area contributed by atoms with Gasteiger partial charge in [0.25, 0.3) is 0 Å². The van der Waals surface area contributed by atoms with E-state index in [-0.39, 0.29) is 17.7 Å². The number of anilines is 1. The molecule has 1 atom stereocenters. The van der Waals surface area contributed by atoms with Gasteiger partial charge in [-0.3, -0.25) is 4.79 Å². The van der Waals surface area contributed by atoms with Crippen LogP contribution in [0.15, 0.2) is 72.9 Å². The SMILES string of the molecule is COc1ccc2cc([C@H](C)C(=O)Nc3ccc(Oc4ncccc4C#N)cc3C)ccc2c1. The van der Waals surface area contributed by atoms with Crippen LogP contribution in [0.25, 0.3) is 10.8 Å². The largest absolute Gasteiger partial charge is 0.497 e. The number of nitrogens with zero attached hydrogens (tertiary/aromatic N) is 2. The van der Waals surface area contributed by atoms with Gasteiger partial charge in [-0.15, -0.1) is 0 Å². The summed E-state index contributed by atoms with van der Waals surface area (Å²) in [5.74, 6) is 1.16. The second kappa shape index (κ2) is 9.41. The van der Waals surface area contributed by atoms with Gasteiger partial charge in [-0.1, -0.05) is 24.3 Å². The first-order valence-electron chi connectivity index (χ1n) is 10.5. The normalized spacial score (nSPS) is 11.5. The van der Waals surface area contributed by atoms with Crippen molar-refractivity contribution in [1.29, 1.82) is 5.26 Å². The molecule has 6 heteroatoms. The third-order valence-corrected chi connectivity index (χ3v) is 5.53. The molecule has 4 aromatic rings. The maximum atomic E-state index is 13.0. The predicted octanol–water partition coefficient (Wildman–Crippen LogP) is 5.96. The summed E-state index contributed by atoms with van der Waals surface area (Å²) in [7, 11) is 1.64. The quantitative estimate of drug-likeness (QED) is 0.402. The molecular formula is C27H23N3O3. The maximum Gasteiger partial charge on any atom is 0.237 e. The van der Waals surface area contributed by atoms with E-state index in [2.05, 4.69) is 16.4 Å². The summed E-state index contributed by atoms with van der Waals surface area (Å²) < 4.78 is 11.0. The molecule has 0 aliphatic rings. The van der Waals surface area contributed by atoms with Crippen molar-refractivity contribution in [1.82, 2.24) is 4.98 Å². The Hall–Kier alpha value is -4.37. The van der Waals surface area contributed by atoms with Gasteiger partial charge in [-0.05, 0) is 78.2 Å². The van der Waals surface area contributed by atoms with Gasteiger partial charge >= 0.3 is 0 Å². The zero-order valence-electron chi connectivity index (χ0n) is 18.6.